The van der Waals surface area contributed by atoms with Gasteiger partial charge in [-0.1, -0.05) is 0 Å². The maximum Gasteiger partial charge on any atom is 0.210 e. The van der Waals surface area contributed by atoms with Crippen molar-refractivity contribution in [3.05, 3.63) is 40.6 Å². The third-order valence-corrected chi connectivity index (χ3v) is 4.23. The molecule has 1 aromatic heterocycles. The van der Waals surface area contributed by atoms with Crippen LogP contribution in [0.2, 0.25) is 0 Å². The average molecular weight is 378 g/mol. The van der Waals surface area contributed by atoms with E-state index in [0.717, 1.165) is 48.1 Å². The van der Waals surface area contributed by atoms with E-state index in [0.29, 0.717) is 0 Å². The van der Waals surface area contributed by atoms with Crippen LogP contribution in [0, 0.1) is 0 Å². The summed E-state index contributed by atoms with van der Waals surface area (Å²) < 4.78 is 12.0. The lowest BCUT2D eigenvalue weighted by atomic mass is 10.2. The molecule has 1 aliphatic heterocycles. The molecule has 0 atom stereocenters. The Morgan fingerprint density at radius 1 is 1.17 bits per heavy atom. The number of halogens is 1. The van der Waals surface area contributed by atoms with Crippen molar-refractivity contribution in [3.63, 3.8) is 0 Å². The Bertz CT molecular complexity index is 674. The molecular weight excluding hydrogens is 358 g/mol. The van der Waals surface area contributed by atoms with Crippen molar-refractivity contribution in [1.29, 1.82) is 0 Å². The molecule has 0 N–H and O–H groups in total. The lowest BCUT2D eigenvalue weighted by Crippen LogP contribution is -2.36. The quantitative estimate of drug-likeness (QED) is 0.761. The number of hydrogen-bond donors (Lipinski definition) is 0. The first-order valence-corrected chi connectivity index (χ1v) is 8.36. The van der Waals surface area contributed by atoms with Crippen LogP contribution in [0.3, 0.4) is 0 Å². The lowest BCUT2D eigenvalue weighted by molar-refractivity contribution is 0.122. The summed E-state index contributed by atoms with van der Waals surface area (Å²) in [4.78, 5) is 8.71. The van der Waals surface area contributed by atoms with Gasteiger partial charge in [-0.25, -0.2) is 0 Å². The van der Waals surface area contributed by atoms with Crippen LogP contribution in [-0.4, -0.2) is 46.6 Å². The Morgan fingerprint density at radius 2 is 1.87 bits per heavy atom. The standard InChI is InChI=1S/C17H20BrN3O2/c1-20(2)17-16(18)11-15(23-17)12-19-13-3-5-14(6-4-13)21-7-9-22-10-8-21/h3-6,11-12H,7-10H2,1-2H3. The zero-order valence-corrected chi connectivity index (χ0v) is 14.9. The molecular formula is C17H20BrN3O2. The summed E-state index contributed by atoms with van der Waals surface area (Å²) in [6, 6.07) is 10.2. The highest BCUT2D eigenvalue weighted by atomic mass is 79.9. The number of ether oxygens (including phenoxy) is 1. The molecule has 1 aromatic carbocycles. The molecule has 2 heterocycles. The summed E-state index contributed by atoms with van der Waals surface area (Å²) in [5.41, 5.74) is 2.11. The van der Waals surface area contributed by atoms with Crippen LogP contribution in [0.25, 0.3) is 0 Å². The second-order valence-electron chi connectivity index (χ2n) is 5.57. The average Bonchev–Trinajstić information content (AvgIpc) is 2.95. The number of aliphatic imine (C=N–C) groups is 1. The van der Waals surface area contributed by atoms with Crippen molar-refractivity contribution in [1.82, 2.24) is 0 Å². The number of anilines is 2. The number of rotatable bonds is 4. The van der Waals surface area contributed by atoms with Gasteiger partial charge in [-0.15, -0.1) is 0 Å². The number of morpholine rings is 1. The molecule has 1 fully saturated rings. The van der Waals surface area contributed by atoms with E-state index in [2.05, 4.69) is 38.0 Å². The Kier molecular flexibility index (Phi) is 5.03. The maximum atomic E-state index is 5.72. The monoisotopic (exact) mass is 377 g/mol. The van der Waals surface area contributed by atoms with Crippen LogP contribution in [-0.2, 0) is 4.74 Å². The Hall–Kier alpha value is -1.79. The van der Waals surface area contributed by atoms with Gasteiger partial charge >= 0.3 is 0 Å². The Labute approximate surface area is 144 Å². The van der Waals surface area contributed by atoms with Crippen molar-refractivity contribution in [2.45, 2.75) is 0 Å². The number of benzene rings is 1. The van der Waals surface area contributed by atoms with Gasteiger partial charge in [0.1, 0.15) is 5.76 Å². The summed E-state index contributed by atoms with van der Waals surface area (Å²) in [6.45, 7) is 3.47. The summed E-state index contributed by atoms with van der Waals surface area (Å²) >= 11 is 3.48. The van der Waals surface area contributed by atoms with E-state index >= 15 is 0 Å². The van der Waals surface area contributed by atoms with Crippen LogP contribution >= 0.6 is 15.9 Å². The van der Waals surface area contributed by atoms with Crippen LogP contribution in [0.5, 0.6) is 0 Å². The normalized spacial score (nSPS) is 15.3. The molecule has 3 rings (SSSR count). The Balaban J connectivity index is 1.69. The van der Waals surface area contributed by atoms with Gasteiger partial charge < -0.3 is 19.0 Å². The molecule has 2 aromatic rings. The predicted molar refractivity (Wildman–Crippen MR) is 97.5 cm³/mol. The summed E-state index contributed by atoms with van der Waals surface area (Å²) in [6.07, 6.45) is 1.74. The minimum absolute atomic E-state index is 0.720. The van der Waals surface area contributed by atoms with Crippen molar-refractivity contribution >= 4 is 39.4 Å². The van der Waals surface area contributed by atoms with E-state index < -0.39 is 0 Å². The molecule has 1 aliphatic rings. The Morgan fingerprint density at radius 3 is 2.48 bits per heavy atom. The summed E-state index contributed by atoms with van der Waals surface area (Å²) in [5.74, 6) is 1.51. The summed E-state index contributed by atoms with van der Waals surface area (Å²) in [5, 5.41) is 0. The highest BCUT2D eigenvalue weighted by molar-refractivity contribution is 9.10. The van der Waals surface area contributed by atoms with Gasteiger partial charge in [0.25, 0.3) is 0 Å². The molecule has 1 saturated heterocycles. The van der Waals surface area contributed by atoms with Gasteiger partial charge in [0.15, 0.2) is 0 Å². The highest BCUT2D eigenvalue weighted by Crippen LogP contribution is 2.28. The summed E-state index contributed by atoms with van der Waals surface area (Å²) in [7, 11) is 3.88. The van der Waals surface area contributed by atoms with Crippen molar-refractivity contribution in [3.8, 4) is 0 Å². The van der Waals surface area contributed by atoms with Crippen LogP contribution in [0.4, 0.5) is 17.3 Å². The second kappa shape index (κ2) is 7.19. The zero-order valence-electron chi connectivity index (χ0n) is 13.3. The van der Waals surface area contributed by atoms with Crippen molar-refractivity contribution in [2.24, 2.45) is 4.99 Å². The molecule has 6 heteroatoms. The van der Waals surface area contributed by atoms with Crippen LogP contribution < -0.4 is 9.80 Å². The van der Waals surface area contributed by atoms with Gasteiger partial charge in [0.2, 0.25) is 5.88 Å². The first kappa shape index (κ1) is 16.1. The second-order valence-corrected chi connectivity index (χ2v) is 6.42. The molecule has 5 nitrogen and oxygen atoms in total. The molecule has 0 saturated carbocycles. The van der Waals surface area contributed by atoms with Crippen molar-refractivity contribution in [2.75, 3.05) is 50.2 Å². The molecule has 0 bridgehead atoms. The molecule has 23 heavy (non-hydrogen) atoms. The molecule has 122 valence electrons. The molecule has 0 amide bonds. The minimum atomic E-state index is 0.720. The van der Waals surface area contributed by atoms with E-state index in [4.69, 9.17) is 9.15 Å². The van der Waals surface area contributed by atoms with E-state index in [9.17, 15) is 0 Å². The molecule has 0 unspecified atom stereocenters. The smallest absolute Gasteiger partial charge is 0.210 e. The van der Waals surface area contributed by atoms with E-state index in [-0.39, 0.29) is 0 Å². The number of nitrogens with zero attached hydrogens (tertiary/aromatic N) is 3. The topological polar surface area (TPSA) is 41.2 Å². The lowest BCUT2D eigenvalue weighted by Gasteiger charge is -2.28. The number of furan rings is 1. The highest BCUT2D eigenvalue weighted by Gasteiger charge is 2.11. The predicted octanol–water partition coefficient (Wildman–Crippen LogP) is 3.70. The SMILES string of the molecule is CN(C)c1oc(C=Nc2ccc(N3CCOCC3)cc2)cc1Br. The fraction of sp³-hybridized carbons (Fsp3) is 0.353. The number of hydrogen-bond acceptors (Lipinski definition) is 5. The fourth-order valence-corrected chi connectivity index (χ4v) is 3.12. The van der Waals surface area contributed by atoms with Gasteiger partial charge in [0.05, 0.1) is 29.6 Å². The van der Waals surface area contributed by atoms with E-state index in [1.807, 2.05) is 37.2 Å². The third kappa shape index (κ3) is 3.95. The van der Waals surface area contributed by atoms with Crippen LogP contribution in [0.15, 0.2) is 44.2 Å². The van der Waals surface area contributed by atoms with E-state index in [1.54, 1.807) is 6.21 Å². The van der Waals surface area contributed by atoms with E-state index in [1.165, 1.54) is 5.69 Å². The van der Waals surface area contributed by atoms with Gasteiger partial charge in [-0.3, -0.25) is 4.99 Å². The minimum Gasteiger partial charge on any atom is -0.438 e. The largest absolute Gasteiger partial charge is 0.438 e. The first-order chi connectivity index (χ1) is 11.1. The zero-order chi connectivity index (χ0) is 16.2. The van der Waals surface area contributed by atoms with Gasteiger partial charge in [0, 0.05) is 38.9 Å². The van der Waals surface area contributed by atoms with Gasteiger partial charge in [-0.2, -0.15) is 0 Å². The molecule has 0 radical (unpaired) electrons. The van der Waals surface area contributed by atoms with Crippen molar-refractivity contribution < 1.29 is 9.15 Å². The maximum absolute atomic E-state index is 5.72. The molecule has 0 aliphatic carbocycles. The first-order valence-electron chi connectivity index (χ1n) is 7.57. The fourth-order valence-electron chi connectivity index (χ4n) is 2.45. The molecule has 0 spiro atoms. The third-order valence-electron chi connectivity index (χ3n) is 3.66. The van der Waals surface area contributed by atoms with Crippen LogP contribution in [0.1, 0.15) is 5.76 Å². The van der Waals surface area contributed by atoms with Gasteiger partial charge in [-0.05, 0) is 40.2 Å².